The van der Waals surface area contributed by atoms with Crippen LogP contribution in [-0.4, -0.2) is 31.0 Å². The number of carbonyl (C=O) groups excluding carboxylic acids is 1. The Bertz CT molecular complexity index is 557. The molecule has 1 aromatic carbocycles. The first-order valence-electron chi connectivity index (χ1n) is 6.53. The first-order valence-corrected chi connectivity index (χ1v) is 6.53. The summed E-state index contributed by atoms with van der Waals surface area (Å²) in [5.74, 6) is -0.624. The molecule has 0 aromatic heterocycles. The average Bonchev–Trinajstić information content (AvgIpc) is 2.47. The Morgan fingerprint density at radius 2 is 2.10 bits per heavy atom. The van der Waals surface area contributed by atoms with Gasteiger partial charge in [0.15, 0.2) is 11.6 Å². The molecule has 0 aliphatic carbocycles. The number of nitrogens with zero attached hydrogens (tertiary/aromatic N) is 2. The van der Waals surface area contributed by atoms with E-state index in [0.717, 1.165) is 0 Å². The highest BCUT2D eigenvalue weighted by molar-refractivity contribution is 5.94. The van der Waals surface area contributed by atoms with E-state index in [1.807, 2.05) is 6.92 Å². The topological polar surface area (TPSA) is 53.3 Å². The molecule has 5 heteroatoms. The van der Waals surface area contributed by atoms with Gasteiger partial charge in [-0.2, -0.15) is 5.26 Å². The summed E-state index contributed by atoms with van der Waals surface area (Å²) >= 11 is 0. The lowest BCUT2D eigenvalue weighted by molar-refractivity contribution is 0.0661. The first kappa shape index (κ1) is 14.3. The van der Waals surface area contributed by atoms with Crippen LogP contribution in [0.3, 0.4) is 0 Å². The third kappa shape index (κ3) is 2.74. The third-order valence-corrected chi connectivity index (χ3v) is 3.82. The van der Waals surface area contributed by atoms with Crippen molar-refractivity contribution in [3.63, 3.8) is 0 Å². The maximum Gasteiger partial charge on any atom is 0.253 e. The molecule has 0 spiro atoms. The number of likely N-dealkylation sites (tertiary alicyclic amines) is 1. The number of carbonyl (C=O) groups is 1. The molecule has 0 saturated carbocycles. The van der Waals surface area contributed by atoms with Crippen LogP contribution >= 0.6 is 0 Å². The summed E-state index contributed by atoms with van der Waals surface area (Å²) in [7, 11) is 1.38. The predicted octanol–water partition coefficient (Wildman–Crippen LogP) is 2.60. The summed E-state index contributed by atoms with van der Waals surface area (Å²) in [6.45, 7) is 2.95. The lowest BCUT2D eigenvalue weighted by Gasteiger charge is -2.35. The van der Waals surface area contributed by atoms with Crippen LogP contribution < -0.4 is 4.74 Å². The molecule has 0 radical (unpaired) electrons. The summed E-state index contributed by atoms with van der Waals surface area (Å²) in [5, 5.41) is 9.07. The number of methoxy groups -OCH3 is 1. The maximum absolute atomic E-state index is 13.6. The quantitative estimate of drug-likeness (QED) is 0.834. The van der Waals surface area contributed by atoms with Gasteiger partial charge < -0.3 is 9.64 Å². The summed E-state index contributed by atoms with van der Waals surface area (Å²) in [4.78, 5) is 14.0. The monoisotopic (exact) mass is 276 g/mol. The van der Waals surface area contributed by atoms with Gasteiger partial charge in [-0.1, -0.05) is 0 Å². The second-order valence-electron chi connectivity index (χ2n) is 5.31. The van der Waals surface area contributed by atoms with Crippen molar-refractivity contribution < 1.29 is 13.9 Å². The Morgan fingerprint density at radius 1 is 1.45 bits per heavy atom. The van der Waals surface area contributed by atoms with Gasteiger partial charge in [-0.25, -0.2) is 4.39 Å². The fourth-order valence-corrected chi connectivity index (χ4v) is 2.30. The number of piperidine rings is 1. The molecule has 1 aliphatic heterocycles. The Labute approximate surface area is 117 Å². The molecular weight excluding hydrogens is 259 g/mol. The zero-order valence-corrected chi connectivity index (χ0v) is 11.6. The van der Waals surface area contributed by atoms with E-state index in [1.54, 1.807) is 11.0 Å². The van der Waals surface area contributed by atoms with Gasteiger partial charge in [0.05, 0.1) is 18.6 Å². The van der Waals surface area contributed by atoms with Gasteiger partial charge in [0.25, 0.3) is 5.91 Å². The summed E-state index contributed by atoms with van der Waals surface area (Å²) in [6.07, 6.45) is 1.29. The Morgan fingerprint density at radius 3 is 2.60 bits per heavy atom. The van der Waals surface area contributed by atoms with E-state index < -0.39 is 5.82 Å². The molecule has 4 nitrogen and oxygen atoms in total. The highest BCUT2D eigenvalue weighted by atomic mass is 19.1. The molecule has 1 amide bonds. The van der Waals surface area contributed by atoms with Crippen molar-refractivity contribution in [3.05, 3.63) is 29.6 Å². The van der Waals surface area contributed by atoms with Crippen LogP contribution in [-0.2, 0) is 0 Å². The summed E-state index contributed by atoms with van der Waals surface area (Å²) in [5.41, 5.74) is -0.0501. The molecular formula is C15H17FN2O2. The normalized spacial score (nSPS) is 17.4. The van der Waals surface area contributed by atoms with Crippen molar-refractivity contribution >= 4 is 5.91 Å². The molecule has 106 valence electrons. The highest BCUT2D eigenvalue weighted by Gasteiger charge is 2.32. The zero-order valence-electron chi connectivity index (χ0n) is 11.6. The first-order chi connectivity index (χ1) is 9.49. The van der Waals surface area contributed by atoms with E-state index in [2.05, 4.69) is 6.07 Å². The van der Waals surface area contributed by atoms with Gasteiger partial charge in [-0.3, -0.25) is 4.79 Å². The third-order valence-electron chi connectivity index (χ3n) is 3.82. The minimum absolute atomic E-state index is 0.122. The Kier molecular flexibility index (Phi) is 3.93. The van der Waals surface area contributed by atoms with Crippen LogP contribution in [0.4, 0.5) is 4.39 Å². The van der Waals surface area contributed by atoms with Crippen molar-refractivity contribution in [1.82, 2.24) is 4.90 Å². The molecule has 1 aromatic rings. The highest BCUT2D eigenvalue weighted by Crippen LogP contribution is 2.30. The number of hydrogen-bond acceptors (Lipinski definition) is 3. The molecule has 1 saturated heterocycles. The minimum Gasteiger partial charge on any atom is -0.494 e. The fraction of sp³-hybridized carbons (Fsp3) is 0.467. The van der Waals surface area contributed by atoms with Crippen LogP contribution in [0.25, 0.3) is 0 Å². The molecule has 2 rings (SSSR count). The SMILES string of the molecule is COc1ccc(C(=O)N2CCC(C)(C#N)CC2)cc1F. The van der Waals surface area contributed by atoms with Crippen LogP contribution in [0.5, 0.6) is 5.75 Å². The van der Waals surface area contributed by atoms with Crippen molar-refractivity contribution in [1.29, 1.82) is 5.26 Å². The van der Waals surface area contributed by atoms with Gasteiger partial charge in [-0.15, -0.1) is 0 Å². The van der Waals surface area contributed by atoms with Gasteiger partial charge >= 0.3 is 0 Å². The largest absolute Gasteiger partial charge is 0.494 e. The van der Waals surface area contributed by atoms with E-state index in [9.17, 15) is 9.18 Å². The molecule has 0 bridgehead atoms. The van der Waals surface area contributed by atoms with Crippen LogP contribution in [0.15, 0.2) is 18.2 Å². The van der Waals surface area contributed by atoms with Crippen LogP contribution in [0, 0.1) is 22.6 Å². The molecule has 1 fully saturated rings. The average molecular weight is 276 g/mol. The number of nitriles is 1. The van der Waals surface area contributed by atoms with Crippen LogP contribution in [0.1, 0.15) is 30.1 Å². The second kappa shape index (κ2) is 5.49. The van der Waals surface area contributed by atoms with E-state index in [0.29, 0.717) is 31.5 Å². The van der Waals surface area contributed by atoms with E-state index in [1.165, 1.54) is 19.2 Å². The van der Waals surface area contributed by atoms with E-state index in [-0.39, 0.29) is 17.1 Å². The lowest BCUT2D eigenvalue weighted by atomic mass is 9.82. The number of halogens is 1. The molecule has 0 unspecified atom stereocenters. The number of hydrogen-bond donors (Lipinski definition) is 0. The number of amides is 1. The lowest BCUT2D eigenvalue weighted by Crippen LogP contribution is -2.41. The molecule has 1 heterocycles. The minimum atomic E-state index is -0.544. The van der Waals surface area contributed by atoms with E-state index in [4.69, 9.17) is 10.00 Å². The van der Waals surface area contributed by atoms with E-state index >= 15 is 0 Å². The zero-order chi connectivity index (χ0) is 14.8. The van der Waals surface area contributed by atoms with Crippen molar-refractivity contribution in [2.24, 2.45) is 5.41 Å². The molecule has 20 heavy (non-hydrogen) atoms. The van der Waals surface area contributed by atoms with Crippen LogP contribution in [0.2, 0.25) is 0 Å². The van der Waals surface area contributed by atoms with Gasteiger partial charge in [-0.05, 0) is 38.0 Å². The Balaban J connectivity index is 2.10. The van der Waals surface area contributed by atoms with Gasteiger partial charge in [0, 0.05) is 18.7 Å². The van der Waals surface area contributed by atoms with Gasteiger partial charge in [0.2, 0.25) is 0 Å². The standard InChI is InChI=1S/C15H17FN2O2/c1-15(10-17)5-7-18(8-6-15)14(19)11-3-4-13(20-2)12(16)9-11/h3-4,9H,5-8H2,1-2H3. The number of rotatable bonds is 2. The van der Waals surface area contributed by atoms with Crippen molar-refractivity contribution in [3.8, 4) is 11.8 Å². The fourth-order valence-electron chi connectivity index (χ4n) is 2.30. The van der Waals surface area contributed by atoms with Crippen molar-refractivity contribution in [2.45, 2.75) is 19.8 Å². The summed E-state index contributed by atoms with van der Waals surface area (Å²) < 4.78 is 18.4. The maximum atomic E-state index is 13.6. The molecule has 1 aliphatic rings. The summed E-state index contributed by atoms with van der Waals surface area (Å²) in [6, 6.07) is 6.49. The predicted molar refractivity (Wildman–Crippen MR) is 71.8 cm³/mol. The van der Waals surface area contributed by atoms with Crippen molar-refractivity contribution in [2.75, 3.05) is 20.2 Å². The molecule has 0 atom stereocenters. The number of benzene rings is 1. The van der Waals surface area contributed by atoms with Gasteiger partial charge in [0.1, 0.15) is 0 Å². The molecule has 0 N–H and O–H groups in total. The number of ether oxygens (including phenoxy) is 1. The Hall–Kier alpha value is -2.09. The second-order valence-corrected chi connectivity index (χ2v) is 5.31. The smallest absolute Gasteiger partial charge is 0.253 e.